The molecule has 0 aromatic carbocycles. The van der Waals surface area contributed by atoms with E-state index in [2.05, 4.69) is 11.9 Å². The van der Waals surface area contributed by atoms with Gasteiger partial charge < -0.3 is 11.1 Å². The van der Waals surface area contributed by atoms with E-state index >= 15 is 0 Å². The fraction of sp³-hybridized carbons (Fsp3) is 0.625. The molecule has 0 spiro atoms. The molecule has 3 N–H and O–H groups in total. The molecule has 0 saturated heterocycles. The Morgan fingerprint density at radius 1 is 1.75 bits per heavy atom. The van der Waals surface area contributed by atoms with Crippen molar-refractivity contribution in [1.82, 2.24) is 5.32 Å². The van der Waals surface area contributed by atoms with Gasteiger partial charge in [-0.1, -0.05) is 25.1 Å². The van der Waals surface area contributed by atoms with Crippen LogP contribution in [0.5, 0.6) is 0 Å². The highest BCUT2D eigenvalue weighted by molar-refractivity contribution is 6.29. The first-order valence-corrected chi connectivity index (χ1v) is 4.29. The Hall–Kier alpha value is -0.540. The monoisotopic (exact) mass is 190 g/mol. The zero-order valence-electron chi connectivity index (χ0n) is 7.27. The van der Waals surface area contributed by atoms with Crippen molar-refractivity contribution in [2.45, 2.75) is 25.8 Å². The summed E-state index contributed by atoms with van der Waals surface area (Å²) in [5.41, 5.74) is 5.56. The number of amides is 1. The minimum Gasteiger partial charge on any atom is -0.351 e. The second-order valence-corrected chi connectivity index (χ2v) is 3.20. The van der Waals surface area contributed by atoms with Gasteiger partial charge in [0.1, 0.15) is 0 Å². The van der Waals surface area contributed by atoms with E-state index in [0.717, 1.165) is 6.42 Å². The van der Waals surface area contributed by atoms with Gasteiger partial charge in [0.05, 0.1) is 6.54 Å². The lowest BCUT2D eigenvalue weighted by molar-refractivity contribution is -0.121. The van der Waals surface area contributed by atoms with E-state index < -0.39 is 0 Å². The normalized spacial score (nSPS) is 12.2. The molecule has 0 radical (unpaired) electrons. The lowest BCUT2D eigenvalue weighted by Crippen LogP contribution is -2.31. The molecule has 0 aliphatic rings. The van der Waals surface area contributed by atoms with Crippen molar-refractivity contribution < 1.29 is 4.79 Å². The zero-order valence-corrected chi connectivity index (χ0v) is 8.03. The van der Waals surface area contributed by atoms with Crippen LogP contribution < -0.4 is 11.1 Å². The molecular weight excluding hydrogens is 176 g/mol. The van der Waals surface area contributed by atoms with Crippen molar-refractivity contribution >= 4 is 17.5 Å². The van der Waals surface area contributed by atoms with E-state index in [1.54, 1.807) is 0 Å². The van der Waals surface area contributed by atoms with Gasteiger partial charge in [0.2, 0.25) is 5.91 Å². The molecule has 0 aromatic rings. The lowest BCUT2D eigenvalue weighted by Gasteiger charge is -2.08. The fourth-order valence-corrected chi connectivity index (χ4v) is 0.716. The van der Waals surface area contributed by atoms with Gasteiger partial charge in [-0.15, -0.1) is 0 Å². The van der Waals surface area contributed by atoms with E-state index in [4.69, 9.17) is 17.3 Å². The molecule has 0 heterocycles. The highest BCUT2D eigenvalue weighted by atomic mass is 35.5. The number of nitrogens with one attached hydrogen (secondary N) is 1. The first-order valence-electron chi connectivity index (χ1n) is 3.91. The largest absolute Gasteiger partial charge is 0.351 e. The van der Waals surface area contributed by atoms with E-state index in [9.17, 15) is 4.79 Å². The molecule has 0 aliphatic carbocycles. The standard InChI is InChI=1S/C8H15ClN2O/c1-3-7(10)4-8(12)11-5-6(2)9/h7H,2-5,10H2,1H3,(H,11,12). The molecule has 0 bridgehead atoms. The van der Waals surface area contributed by atoms with Crippen molar-refractivity contribution in [3.8, 4) is 0 Å². The second kappa shape index (κ2) is 6.03. The van der Waals surface area contributed by atoms with Crippen molar-refractivity contribution in [2.75, 3.05) is 6.54 Å². The Labute approximate surface area is 78.0 Å². The number of hydrogen-bond donors (Lipinski definition) is 2. The van der Waals surface area contributed by atoms with E-state index in [1.807, 2.05) is 6.92 Å². The van der Waals surface area contributed by atoms with Gasteiger partial charge in [-0.2, -0.15) is 0 Å². The highest BCUT2D eigenvalue weighted by Crippen LogP contribution is 1.95. The first-order chi connectivity index (χ1) is 5.56. The number of carbonyl (C=O) groups is 1. The van der Waals surface area contributed by atoms with E-state index in [0.29, 0.717) is 18.0 Å². The number of halogens is 1. The summed E-state index contributed by atoms with van der Waals surface area (Å²) in [6.45, 7) is 5.71. The van der Waals surface area contributed by atoms with E-state index in [1.165, 1.54) is 0 Å². The van der Waals surface area contributed by atoms with Gasteiger partial charge >= 0.3 is 0 Å². The summed E-state index contributed by atoms with van der Waals surface area (Å²) in [4.78, 5) is 11.0. The van der Waals surface area contributed by atoms with Gasteiger partial charge in [-0.25, -0.2) is 0 Å². The summed E-state index contributed by atoms with van der Waals surface area (Å²) in [5.74, 6) is -0.0776. The lowest BCUT2D eigenvalue weighted by atomic mass is 10.1. The summed E-state index contributed by atoms with van der Waals surface area (Å²) in [7, 11) is 0. The number of rotatable bonds is 5. The van der Waals surface area contributed by atoms with Crippen LogP contribution in [-0.4, -0.2) is 18.5 Å². The molecule has 0 rings (SSSR count). The van der Waals surface area contributed by atoms with Crippen LogP contribution in [0.4, 0.5) is 0 Å². The third-order valence-electron chi connectivity index (χ3n) is 1.45. The average Bonchev–Trinajstić information content (AvgIpc) is 2.00. The zero-order chi connectivity index (χ0) is 9.56. The number of hydrogen-bond acceptors (Lipinski definition) is 2. The van der Waals surface area contributed by atoms with Crippen LogP contribution in [0, 0.1) is 0 Å². The average molecular weight is 191 g/mol. The molecule has 70 valence electrons. The second-order valence-electron chi connectivity index (χ2n) is 2.67. The maximum Gasteiger partial charge on any atom is 0.221 e. The fourth-order valence-electron chi connectivity index (χ4n) is 0.649. The van der Waals surface area contributed by atoms with Crippen LogP contribution in [0.25, 0.3) is 0 Å². The van der Waals surface area contributed by atoms with Crippen LogP contribution in [0.3, 0.4) is 0 Å². The maximum atomic E-state index is 11.0. The predicted octanol–water partition coefficient (Wildman–Crippen LogP) is 0.983. The third kappa shape index (κ3) is 6.19. The summed E-state index contributed by atoms with van der Waals surface area (Å²) < 4.78 is 0. The molecule has 0 aromatic heterocycles. The van der Waals surface area contributed by atoms with Gasteiger partial charge in [-0.05, 0) is 6.42 Å². The summed E-state index contributed by atoms with van der Waals surface area (Å²) in [6.07, 6.45) is 1.15. The van der Waals surface area contributed by atoms with Crippen LogP contribution in [0.2, 0.25) is 0 Å². The Morgan fingerprint density at radius 3 is 2.75 bits per heavy atom. The molecule has 0 aliphatic heterocycles. The minimum atomic E-state index is -0.0776. The van der Waals surface area contributed by atoms with Crippen LogP contribution >= 0.6 is 11.6 Å². The van der Waals surface area contributed by atoms with Crippen molar-refractivity contribution in [3.05, 3.63) is 11.6 Å². The quantitative estimate of drug-likeness (QED) is 0.679. The Balaban J connectivity index is 3.53. The van der Waals surface area contributed by atoms with Crippen LogP contribution in [-0.2, 0) is 4.79 Å². The number of nitrogens with two attached hydrogens (primary N) is 1. The minimum absolute atomic E-state index is 0.0615. The van der Waals surface area contributed by atoms with Crippen LogP contribution in [0.1, 0.15) is 19.8 Å². The smallest absolute Gasteiger partial charge is 0.221 e. The Bertz CT molecular complexity index is 170. The SMILES string of the molecule is C=C(Cl)CNC(=O)CC(N)CC. The van der Waals surface area contributed by atoms with Crippen molar-refractivity contribution in [1.29, 1.82) is 0 Å². The molecule has 1 amide bonds. The van der Waals surface area contributed by atoms with Gasteiger partial charge in [-0.3, -0.25) is 4.79 Å². The van der Waals surface area contributed by atoms with Gasteiger partial charge in [0.25, 0.3) is 0 Å². The molecule has 1 unspecified atom stereocenters. The van der Waals surface area contributed by atoms with Gasteiger partial charge in [0.15, 0.2) is 0 Å². The number of carbonyl (C=O) groups excluding carboxylic acids is 1. The summed E-state index contributed by atoms with van der Waals surface area (Å²) in [6, 6.07) is -0.0615. The maximum absolute atomic E-state index is 11.0. The molecule has 3 nitrogen and oxygen atoms in total. The Kier molecular flexibility index (Phi) is 5.76. The molecule has 12 heavy (non-hydrogen) atoms. The molecule has 0 saturated carbocycles. The third-order valence-corrected chi connectivity index (χ3v) is 1.58. The summed E-state index contributed by atoms with van der Waals surface area (Å²) >= 11 is 5.45. The molecule has 4 heteroatoms. The molecular formula is C8H15ClN2O. The van der Waals surface area contributed by atoms with Crippen molar-refractivity contribution in [3.63, 3.8) is 0 Å². The predicted molar refractivity (Wildman–Crippen MR) is 50.9 cm³/mol. The van der Waals surface area contributed by atoms with Crippen molar-refractivity contribution in [2.24, 2.45) is 5.73 Å². The topological polar surface area (TPSA) is 55.1 Å². The molecule has 1 atom stereocenters. The van der Waals surface area contributed by atoms with Crippen LogP contribution in [0.15, 0.2) is 11.6 Å². The highest BCUT2D eigenvalue weighted by Gasteiger charge is 2.06. The first kappa shape index (κ1) is 11.5. The molecule has 0 fully saturated rings. The van der Waals surface area contributed by atoms with E-state index in [-0.39, 0.29) is 11.9 Å². The Morgan fingerprint density at radius 2 is 2.33 bits per heavy atom. The summed E-state index contributed by atoms with van der Waals surface area (Å²) in [5, 5.41) is 3.02. The van der Waals surface area contributed by atoms with Gasteiger partial charge in [0, 0.05) is 17.5 Å².